The molecule has 0 spiro atoms. The number of benzene rings is 1. The zero-order chi connectivity index (χ0) is 23.8. The van der Waals surface area contributed by atoms with Crippen LogP contribution in [0.25, 0.3) is 0 Å². The van der Waals surface area contributed by atoms with Gasteiger partial charge in [-0.1, -0.05) is 83.3 Å². The number of nitrogens with one attached hydrogen (secondary N) is 1. The molecule has 2 N–H and O–H groups in total. The summed E-state index contributed by atoms with van der Waals surface area (Å²) in [5.74, 6) is 0.395. The van der Waals surface area contributed by atoms with Crippen molar-refractivity contribution < 1.29 is 9.90 Å². The Bertz CT molecular complexity index is 871. The highest BCUT2D eigenvalue weighted by molar-refractivity contribution is 6.32. The highest BCUT2D eigenvalue weighted by Gasteiger charge is 2.46. The topological polar surface area (TPSA) is 49.3 Å². The molecule has 1 saturated carbocycles. The largest absolute Gasteiger partial charge is 0.507 e. The van der Waals surface area contributed by atoms with Gasteiger partial charge in [0.25, 0.3) is 0 Å². The molecule has 0 bridgehead atoms. The molecule has 3 nitrogen and oxygen atoms in total. The fourth-order valence-corrected chi connectivity index (χ4v) is 4.39. The summed E-state index contributed by atoms with van der Waals surface area (Å²) >= 11 is 12.1. The normalized spacial score (nSPS) is 17.7. The average molecular weight is 466 g/mol. The Morgan fingerprint density at radius 1 is 1.10 bits per heavy atom. The van der Waals surface area contributed by atoms with Gasteiger partial charge in [-0.05, 0) is 60.6 Å². The Hall–Kier alpha value is -1.45. The maximum Gasteiger partial charge on any atom is 0.186 e. The second-order valence-electron chi connectivity index (χ2n) is 11.0. The second-order valence-corrected chi connectivity index (χ2v) is 11.8. The number of phenols is 1. The molecule has 2 rings (SSSR count). The van der Waals surface area contributed by atoms with Gasteiger partial charge in [-0.2, -0.15) is 0 Å². The summed E-state index contributed by atoms with van der Waals surface area (Å²) in [7, 11) is 0. The summed E-state index contributed by atoms with van der Waals surface area (Å²) in [6.45, 7) is 16.1. The maximum absolute atomic E-state index is 13.7. The van der Waals surface area contributed by atoms with Gasteiger partial charge in [0.1, 0.15) is 5.75 Å². The fraction of sp³-hybridized carbons (Fsp3) is 0.577. The van der Waals surface area contributed by atoms with Gasteiger partial charge >= 0.3 is 0 Å². The van der Waals surface area contributed by atoms with E-state index in [1.54, 1.807) is 13.8 Å². The summed E-state index contributed by atoms with van der Waals surface area (Å²) < 4.78 is 0. The van der Waals surface area contributed by atoms with Gasteiger partial charge in [-0.15, -0.1) is 0 Å². The van der Waals surface area contributed by atoms with E-state index < -0.39 is 5.41 Å². The first-order valence-electron chi connectivity index (χ1n) is 10.9. The van der Waals surface area contributed by atoms with Crippen molar-refractivity contribution in [1.29, 1.82) is 0 Å². The number of aromatic hydroxyl groups is 1. The Balaban J connectivity index is 2.54. The molecule has 0 unspecified atom stereocenters. The van der Waals surface area contributed by atoms with Crippen LogP contribution in [-0.2, 0) is 22.0 Å². The van der Waals surface area contributed by atoms with Crippen LogP contribution in [0.4, 0.5) is 0 Å². The lowest BCUT2D eigenvalue weighted by Crippen LogP contribution is -2.43. The van der Waals surface area contributed by atoms with Crippen molar-refractivity contribution in [2.24, 2.45) is 5.41 Å². The standard InChI is InChI=1S/C26H37Cl2NO2/c1-16(15-27)29-21(17(2)28)23(31)26(10-9-11-26)14-18-12-19(24(3,4)5)22(30)20(13-18)25(6,7)8/h12-13,15,29-30H,9-11,14H2,1-8H3/b16-15+,21-17+. The number of phenolic OH excluding ortho intramolecular Hbond substituents is 1. The van der Waals surface area contributed by atoms with E-state index >= 15 is 0 Å². The van der Waals surface area contributed by atoms with Crippen molar-refractivity contribution in [2.45, 2.75) is 91.9 Å². The third-order valence-electron chi connectivity index (χ3n) is 6.18. The van der Waals surface area contributed by atoms with Crippen LogP contribution in [0.1, 0.15) is 91.3 Å². The Morgan fingerprint density at radius 3 is 1.90 bits per heavy atom. The minimum absolute atomic E-state index is 0.0341. The fourth-order valence-electron chi connectivity index (χ4n) is 4.21. The quantitative estimate of drug-likeness (QED) is 0.429. The number of carbonyl (C=O) groups excluding carboxylic acids is 1. The lowest BCUT2D eigenvalue weighted by molar-refractivity contribution is -0.129. The van der Waals surface area contributed by atoms with Crippen molar-refractivity contribution in [2.75, 3.05) is 0 Å². The molecule has 0 saturated heterocycles. The minimum atomic E-state index is -0.494. The molecule has 172 valence electrons. The maximum atomic E-state index is 13.7. The summed E-state index contributed by atoms with van der Waals surface area (Å²) in [5.41, 5.74) is 4.50. The van der Waals surface area contributed by atoms with Gasteiger partial charge in [0.2, 0.25) is 0 Å². The molecule has 1 aromatic rings. The van der Waals surface area contributed by atoms with Gasteiger partial charge in [0.05, 0.1) is 5.70 Å². The van der Waals surface area contributed by atoms with Crippen LogP contribution in [0.5, 0.6) is 5.75 Å². The zero-order valence-electron chi connectivity index (χ0n) is 20.2. The number of rotatable bonds is 6. The average Bonchev–Trinajstić information content (AvgIpc) is 2.60. The molecule has 0 amide bonds. The summed E-state index contributed by atoms with van der Waals surface area (Å²) in [6, 6.07) is 4.15. The van der Waals surface area contributed by atoms with Crippen LogP contribution in [0.15, 0.2) is 34.1 Å². The van der Waals surface area contributed by atoms with Crippen molar-refractivity contribution in [1.82, 2.24) is 5.32 Å². The summed E-state index contributed by atoms with van der Waals surface area (Å²) in [6.07, 6.45) is 3.28. The summed E-state index contributed by atoms with van der Waals surface area (Å²) in [5, 5.41) is 14.6. The lowest BCUT2D eigenvalue weighted by Gasteiger charge is -2.42. The van der Waals surface area contributed by atoms with E-state index in [4.69, 9.17) is 23.2 Å². The molecular weight excluding hydrogens is 429 g/mol. The minimum Gasteiger partial charge on any atom is -0.507 e. The first-order chi connectivity index (χ1) is 14.1. The third-order valence-corrected chi connectivity index (χ3v) is 6.69. The van der Waals surface area contributed by atoms with Crippen LogP contribution in [0, 0.1) is 5.41 Å². The Kier molecular flexibility index (Phi) is 7.65. The van der Waals surface area contributed by atoms with Crippen LogP contribution in [-0.4, -0.2) is 10.9 Å². The molecule has 1 fully saturated rings. The molecule has 0 aromatic heterocycles. The predicted molar refractivity (Wildman–Crippen MR) is 132 cm³/mol. The van der Waals surface area contributed by atoms with Crippen molar-refractivity contribution in [3.8, 4) is 5.75 Å². The van der Waals surface area contributed by atoms with Gasteiger partial charge in [0, 0.05) is 21.7 Å². The highest BCUT2D eigenvalue weighted by atomic mass is 35.5. The third kappa shape index (κ3) is 5.68. The monoisotopic (exact) mass is 465 g/mol. The Morgan fingerprint density at radius 2 is 1.58 bits per heavy atom. The zero-order valence-corrected chi connectivity index (χ0v) is 21.7. The number of hydrogen-bond donors (Lipinski definition) is 2. The van der Waals surface area contributed by atoms with Crippen LogP contribution in [0.2, 0.25) is 0 Å². The molecular formula is C26H37Cl2NO2. The summed E-state index contributed by atoms with van der Waals surface area (Å²) in [4.78, 5) is 13.7. The van der Waals surface area contributed by atoms with E-state index in [-0.39, 0.29) is 16.6 Å². The van der Waals surface area contributed by atoms with Gasteiger partial charge < -0.3 is 10.4 Å². The SMILES string of the molecule is C/C(=C\Cl)N/C(C(=O)C1(Cc2cc(C(C)(C)C)c(O)c(C(C)(C)C)c2)CCC1)=C(\C)Cl. The van der Waals surface area contributed by atoms with Gasteiger partial charge in [-0.3, -0.25) is 4.79 Å². The van der Waals surface area contributed by atoms with Crippen LogP contribution < -0.4 is 5.32 Å². The first-order valence-corrected chi connectivity index (χ1v) is 11.8. The number of ketones is 1. The van der Waals surface area contributed by atoms with E-state index in [1.807, 2.05) is 0 Å². The number of carbonyl (C=O) groups is 1. The molecule has 0 heterocycles. The number of halogens is 2. The molecule has 5 heteroatoms. The molecule has 1 aromatic carbocycles. The number of Topliss-reactive ketones (excluding diaryl/α,β-unsaturated/α-hetero) is 1. The van der Waals surface area contributed by atoms with Gasteiger partial charge in [-0.25, -0.2) is 0 Å². The second kappa shape index (κ2) is 9.19. The molecule has 0 radical (unpaired) electrons. The van der Waals surface area contributed by atoms with E-state index in [9.17, 15) is 9.90 Å². The van der Waals surface area contributed by atoms with Gasteiger partial charge in [0.15, 0.2) is 5.78 Å². The van der Waals surface area contributed by atoms with E-state index in [2.05, 4.69) is 59.0 Å². The number of allylic oxidation sites excluding steroid dienone is 3. The van der Waals surface area contributed by atoms with Crippen LogP contribution in [0.3, 0.4) is 0 Å². The van der Waals surface area contributed by atoms with Crippen molar-refractivity contribution >= 4 is 29.0 Å². The number of hydrogen-bond acceptors (Lipinski definition) is 3. The Labute approximate surface area is 197 Å². The van der Waals surface area contributed by atoms with E-state index in [1.165, 1.54) is 5.54 Å². The lowest BCUT2D eigenvalue weighted by atomic mass is 9.61. The van der Waals surface area contributed by atoms with Crippen LogP contribution >= 0.6 is 23.2 Å². The molecule has 31 heavy (non-hydrogen) atoms. The highest BCUT2D eigenvalue weighted by Crippen LogP contribution is 2.48. The van der Waals surface area contributed by atoms with Crippen molar-refractivity contribution in [3.63, 3.8) is 0 Å². The van der Waals surface area contributed by atoms with E-state index in [0.29, 0.717) is 28.6 Å². The molecule has 1 aliphatic rings. The van der Waals surface area contributed by atoms with E-state index in [0.717, 1.165) is 36.0 Å². The molecule has 0 atom stereocenters. The predicted octanol–water partition coefficient (Wildman–Crippen LogP) is 7.43. The van der Waals surface area contributed by atoms with Crippen molar-refractivity contribution in [3.05, 3.63) is 50.8 Å². The first kappa shape index (κ1) is 25.8. The smallest absolute Gasteiger partial charge is 0.186 e. The molecule has 1 aliphatic carbocycles. The molecule has 0 aliphatic heterocycles.